The number of hydrogen-bond donors (Lipinski definition) is 1. The minimum Gasteiger partial charge on any atom is -0.340 e. The monoisotopic (exact) mass is 286 g/mol. The van der Waals surface area contributed by atoms with Gasteiger partial charge in [0.15, 0.2) is 0 Å². The number of likely N-dealkylation sites (tertiary alicyclic amines) is 1. The lowest BCUT2D eigenvalue weighted by Crippen LogP contribution is -2.57. The normalized spacial score (nSPS) is 28.8. The SMILES string of the molecule is CC1CCCC(C)N1C(=O)C1Cc2ccccc2C(=O)N1. The number of amides is 2. The van der Waals surface area contributed by atoms with E-state index in [4.69, 9.17) is 0 Å². The quantitative estimate of drug-likeness (QED) is 0.860. The van der Waals surface area contributed by atoms with Crippen molar-refractivity contribution in [3.05, 3.63) is 35.4 Å². The lowest BCUT2D eigenvalue weighted by Gasteiger charge is -2.41. The highest BCUT2D eigenvalue weighted by molar-refractivity contribution is 6.00. The van der Waals surface area contributed by atoms with Gasteiger partial charge in [0.2, 0.25) is 5.91 Å². The van der Waals surface area contributed by atoms with Crippen LogP contribution in [0.4, 0.5) is 0 Å². The molecule has 2 aliphatic rings. The number of carbonyl (C=O) groups is 2. The summed E-state index contributed by atoms with van der Waals surface area (Å²) < 4.78 is 0. The Morgan fingerprint density at radius 2 is 1.86 bits per heavy atom. The van der Waals surface area contributed by atoms with Gasteiger partial charge in [-0.3, -0.25) is 9.59 Å². The topological polar surface area (TPSA) is 49.4 Å². The third-order valence-corrected chi connectivity index (χ3v) is 4.74. The summed E-state index contributed by atoms with van der Waals surface area (Å²) in [7, 11) is 0. The van der Waals surface area contributed by atoms with Gasteiger partial charge in [-0.25, -0.2) is 0 Å². The first-order chi connectivity index (χ1) is 10.1. The molecule has 0 saturated carbocycles. The van der Waals surface area contributed by atoms with Crippen LogP contribution in [0.5, 0.6) is 0 Å². The molecule has 3 unspecified atom stereocenters. The lowest BCUT2D eigenvalue weighted by molar-refractivity contribution is -0.139. The molecule has 4 heteroatoms. The fourth-order valence-corrected chi connectivity index (χ4v) is 3.61. The first-order valence-electron chi connectivity index (χ1n) is 7.79. The van der Waals surface area contributed by atoms with E-state index in [-0.39, 0.29) is 23.9 Å². The number of nitrogens with one attached hydrogen (secondary N) is 1. The molecule has 0 spiro atoms. The summed E-state index contributed by atoms with van der Waals surface area (Å²) in [6.07, 6.45) is 3.86. The Hall–Kier alpha value is -1.84. The molecule has 2 amide bonds. The van der Waals surface area contributed by atoms with E-state index in [9.17, 15) is 9.59 Å². The van der Waals surface area contributed by atoms with Gasteiger partial charge in [-0.15, -0.1) is 0 Å². The summed E-state index contributed by atoms with van der Waals surface area (Å²) >= 11 is 0. The van der Waals surface area contributed by atoms with Gasteiger partial charge in [-0.2, -0.15) is 0 Å². The second-order valence-corrected chi connectivity index (χ2v) is 6.26. The Morgan fingerprint density at radius 1 is 1.19 bits per heavy atom. The van der Waals surface area contributed by atoms with Gasteiger partial charge in [0.1, 0.15) is 6.04 Å². The van der Waals surface area contributed by atoms with Crippen molar-refractivity contribution in [2.24, 2.45) is 0 Å². The van der Waals surface area contributed by atoms with E-state index in [0.717, 1.165) is 18.4 Å². The van der Waals surface area contributed by atoms with E-state index in [1.807, 2.05) is 29.2 Å². The summed E-state index contributed by atoms with van der Waals surface area (Å²) in [6, 6.07) is 7.64. The van der Waals surface area contributed by atoms with E-state index in [1.54, 1.807) is 0 Å². The standard InChI is InChI=1S/C17H22N2O2/c1-11-6-5-7-12(2)19(11)17(21)15-10-13-8-3-4-9-14(13)16(20)18-15/h3-4,8-9,11-12,15H,5-7,10H2,1-2H3,(H,18,20). The van der Waals surface area contributed by atoms with Crippen LogP contribution < -0.4 is 5.32 Å². The molecule has 0 radical (unpaired) electrons. The molecule has 0 aliphatic carbocycles. The van der Waals surface area contributed by atoms with Crippen molar-refractivity contribution in [2.45, 2.75) is 57.7 Å². The number of carbonyl (C=O) groups excluding carboxylic acids is 2. The summed E-state index contributed by atoms with van der Waals surface area (Å²) in [5.41, 5.74) is 1.67. The van der Waals surface area contributed by atoms with Crippen LogP contribution in [0.25, 0.3) is 0 Å². The van der Waals surface area contributed by atoms with E-state index < -0.39 is 6.04 Å². The molecule has 4 nitrogen and oxygen atoms in total. The zero-order chi connectivity index (χ0) is 15.0. The van der Waals surface area contributed by atoms with Crippen LogP contribution in [0, 0.1) is 0 Å². The van der Waals surface area contributed by atoms with E-state index in [2.05, 4.69) is 19.2 Å². The van der Waals surface area contributed by atoms with Crippen molar-refractivity contribution in [3.8, 4) is 0 Å². The van der Waals surface area contributed by atoms with Crippen molar-refractivity contribution in [1.82, 2.24) is 10.2 Å². The van der Waals surface area contributed by atoms with E-state index >= 15 is 0 Å². The third kappa shape index (κ3) is 2.55. The number of nitrogens with zero attached hydrogens (tertiary/aromatic N) is 1. The van der Waals surface area contributed by atoms with Crippen LogP contribution in [0.15, 0.2) is 24.3 Å². The maximum atomic E-state index is 12.8. The fraction of sp³-hybridized carbons (Fsp3) is 0.529. The molecule has 3 rings (SSSR count). The predicted molar refractivity (Wildman–Crippen MR) is 81.0 cm³/mol. The Labute approximate surface area is 125 Å². The Morgan fingerprint density at radius 3 is 2.57 bits per heavy atom. The summed E-state index contributed by atoms with van der Waals surface area (Å²) in [4.78, 5) is 27.0. The molecule has 0 aromatic heterocycles. The molecule has 1 N–H and O–H groups in total. The van der Waals surface area contributed by atoms with Gasteiger partial charge in [-0.05, 0) is 44.7 Å². The molecule has 112 valence electrons. The van der Waals surface area contributed by atoms with Crippen LogP contribution in [0.3, 0.4) is 0 Å². The first kappa shape index (κ1) is 14.1. The average molecular weight is 286 g/mol. The number of benzene rings is 1. The van der Waals surface area contributed by atoms with Gasteiger partial charge in [-0.1, -0.05) is 18.2 Å². The van der Waals surface area contributed by atoms with Crippen LogP contribution >= 0.6 is 0 Å². The summed E-state index contributed by atoms with van der Waals surface area (Å²) in [5.74, 6) is -0.0648. The lowest BCUT2D eigenvalue weighted by atomic mass is 9.92. The highest BCUT2D eigenvalue weighted by Crippen LogP contribution is 2.25. The minimum atomic E-state index is -0.421. The second kappa shape index (κ2) is 5.51. The fourth-order valence-electron chi connectivity index (χ4n) is 3.61. The van der Waals surface area contributed by atoms with Crippen molar-refractivity contribution >= 4 is 11.8 Å². The molecule has 0 bridgehead atoms. The molecule has 1 fully saturated rings. The number of hydrogen-bond acceptors (Lipinski definition) is 2. The first-order valence-corrected chi connectivity index (χ1v) is 7.79. The van der Waals surface area contributed by atoms with Gasteiger partial charge in [0, 0.05) is 24.1 Å². The maximum absolute atomic E-state index is 12.8. The van der Waals surface area contributed by atoms with Crippen molar-refractivity contribution < 1.29 is 9.59 Å². The van der Waals surface area contributed by atoms with E-state index in [1.165, 1.54) is 6.42 Å². The summed E-state index contributed by atoms with van der Waals surface area (Å²) in [6.45, 7) is 4.21. The van der Waals surface area contributed by atoms with Crippen molar-refractivity contribution in [2.75, 3.05) is 0 Å². The van der Waals surface area contributed by atoms with Gasteiger partial charge in [0.25, 0.3) is 5.91 Å². The molecular formula is C17H22N2O2. The van der Waals surface area contributed by atoms with Crippen LogP contribution in [0.2, 0.25) is 0 Å². The van der Waals surface area contributed by atoms with Gasteiger partial charge in [0.05, 0.1) is 0 Å². The second-order valence-electron chi connectivity index (χ2n) is 6.26. The van der Waals surface area contributed by atoms with Crippen LogP contribution in [-0.2, 0) is 11.2 Å². The molecule has 1 aromatic carbocycles. The smallest absolute Gasteiger partial charge is 0.252 e. The van der Waals surface area contributed by atoms with Gasteiger partial charge >= 0.3 is 0 Å². The van der Waals surface area contributed by atoms with Crippen molar-refractivity contribution in [1.29, 1.82) is 0 Å². The van der Waals surface area contributed by atoms with Crippen molar-refractivity contribution in [3.63, 3.8) is 0 Å². The van der Waals surface area contributed by atoms with Crippen LogP contribution in [0.1, 0.15) is 49.0 Å². The molecule has 2 heterocycles. The molecule has 1 saturated heterocycles. The molecule has 21 heavy (non-hydrogen) atoms. The minimum absolute atomic E-state index is 0.0672. The van der Waals surface area contributed by atoms with E-state index in [0.29, 0.717) is 12.0 Å². The molecule has 2 aliphatic heterocycles. The Bertz CT molecular complexity index is 560. The zero-order valence-electron chi connectivity index (χ0n) is 12.6. The maximum Gasteiger partial charge on any atom is 0.252 e. The zero-order valence-corrected chi connectivity index (χ0v) is 12.6. The number of rotatable bonds is 1. The molecular weight excluding hydrogens is 264 g/mol. The number of fused-ring (bicyclic) bond motifs is 1. The average Bonchev–Trinajstić information content (AvgIpc) is 2.47. The number of piperidine rings is 1. The third-order valence-electron chi connectivity index (χ3n) is 4.74. The Balaban J connectivity index is 1.82. The highest BCUT2D eigenvalue weighted by atomic mass is 16.2. The Kier molecular flexibility index (Phi) is 3.70. The molecule has 1 aromatic rings. The summed E-state index contributed by atoms with van der Waals surface area (Å²) in [5, 5.41) is 2.88. The molecule has 3 atom stereocenters. The van der Waals surface area contributed by atoms with Gasteiger partial charge < -0.3 is 10.2 Å². The highest BCUT2D eigenvalue weighted by Gasteiger charge is 2.36. The van der Waals surface area contributed by atoms with Crippen LogP contribution in [-0.4, -0.2) is 34.8 Å². The largest absolute Gasteiger partial charge is 0.340 e. The predicted octanol–water partition coefficient (Wildman–Crippen LogP) is 2.13.